The number of rotatable bonds is 6. The molecule has 148 valence electrons. The van der Waals surface area contributed by atoms with Gasteiger partial charge in [-0.3, -0.25) is 14.5 Å². The van der Waals surface area contributed by atoms with Crippen LogP contribution in [0, 0.1) is 23.7 Å². The Hall–Kier alpha value is -2.72. The van der Waals surface area contributed by atoms with E-state index in [1.807, 2.05) is 13.0 Å². The minimum atomic E-state index is -0.505. The number of carbonyl (C=O) groups is 2. The molecule has 0 radical (unpaired) electrons. The van der Waals surface area contributed by atoms with Gasteiger partial charge in [0.1, 0.15) is 5.00 Å². The molecular formula is C21H25N3O3S. The Morgan fingerprint density at radius 1 is 1.32 bits per heavy atom. The van der Waals surface area contributed by atoms with Gasteiger partial charge in [0.2, 0.25) is 0 Å². The lowest BCUT2D eigenvalue weighted by atomic mass is 9.93. The first kappa shape index (κ1) is 21.6. The molecule has 0 aliphatic rings. The molecule has 2 rings (SSSR count). The van der Waals surface area contributed by atoms with Crippen LogP contribution >= 0.6 is 11.3 Å². The third-order valence-electron chi connectivity index (χ3n) is 3.84. The van der Waals surface area contributed by atoms with E-state index in [1.54, 1.807) is 23.1 Å². The smallest absolute Gasteiger partial charge is 0.303 e. The second kappa shape index (κ2) is 8.98. The molecule has 0 unspecified atom stereocenters. The number of hydrogen-bond donors (Lipinski definition) is 0. The van der Waals surface area contributed by atoms with Gasteiger partial charge in [-0.15, -0.1) is 11.3 Å². The minimum Gasteiger partial charge on any atom is -0.456 e. The topological polar surface area (TPSA) is 83.3 Å². The van der Waals surface area contributed by atoms with Crippen LogP contribution < -0.4 is 4.90 Å². The average Bonchev–Trinajstić information content (AvgIpc) is 2.95. The van der Waals surface area contributed by atoms with Gasteiger partial charge in [-0.2, -0.15) is 5.26 Å². The van der Waals surface area contributed by atoms with Gasteiger partial charge in [0, 0.05) is 13.3 Å². The second-order valence-corrected chi connectivity index (χ2v) is 8.87. The van der Waals surface area contributed by atoms with Crippen molar-refractivity contribution in [1.29, 1.82) is 5.26 Å². The summed E-state index contributed by atoms with van der Waals surface area (Å²) >= 11 is 1.47. The summed E-state index contributed by atoms with van der Waals surface area (Å²) in [5, 5.41) is 10.8. The lowest BCUT2D eigenvalue weighted by Gasteiger charge is -2.22. The Balaban J connectivity index is 2.36. The molecule has 28 heavy (non-hydrogen) atoms. The summed E-state index contributed by atoms with van der Waals surface area (Å²) < 4.78 is 4.92. The number of hydrogen-bond acceptors (Lipinski definition) is 6. The summed E-state index contributed by atoms with van der Waals surface area (Å²) in [4.78, 5) is 30.2. The van der Waals surface area contributed by atoms with Crippen molar-refractivity contribution >= 4 is 28.2 Å². The lowest BCUT2D eigenvalue weighted by Crippen LogP contribution is -2.34. The molecular weight excluding hydrogens is 374 g/mol. The SMILES string of the molecule is CC(=O)OCC(=O)N(Cc1cccc(C#N)c1)c1sc(CC(C)(C)C)nc1C. The number of thiazole rings is 1. The molecule has 6 nitrogen and oxygen atoms in total. The summed E-state index contributed by atoms with van der Waals surface area (Å²) in [6.45, 7) is 9.50. The van der Waals surface area contributed by atoms with E-state index in [0.29, 0.717) is 5.56 Å². The summed E-state index contributed by atoms with van der Waals surface area (Å²) in [5.74, 6) is -0.833. The molecule has 0 atom stereocenters. The van der Waals surface area contributed by atoms with Gasteiger partial charge < -0.3 is 4.74 Å². The first-order valence-electron chi connectivity index (χ1n) is 8.98. The van der Waals surface area contributed by atoms with Crippen LogP contribution in [-0.4, -0.2) is 23.5 Å². The van der Waals surface area contributed by atoms with E-state index in [0.717, 1.165) is 27.7 Å². The Morgan fingerprint density at radius 3 is 2.64 bits per heavy atom. The Kier molecular flexibility index (Phi) is 6.92. The molecule has 0 N–H and O–H groups in total. The number of ether oxygens (including phenoxy) is 1. The fourth-order valence-electron chi connectivity index (χ4n) is 2.66. The number of benzene rings is 1. The average molecular weight is 400 g/mol. The fourth-order valence-corrected chi connectivity index (χ4v) is 4.04. The van der Waals surface area contributed by atoms with E-state index >= 15 is 0 Å². The fraction of sp³-hybridized carbons (Fsp3) is 0.429. The van der Waals surface area contributed by atoms with Gasteiger partial charge >= 0.3 is 5.97 Å². The number of esters is 1. The van der Waals surface area contributed by atoms with Crippen molar-refractivity contribution in [1.82, 2.24) is 4.98 Å². The standard InChI is InChI=1S/C21H25N3O3S/c1-14-20(28-18(23-14)10-21(3,4)5)24(19(26)13-27-15(2)25)12-17-8-6-7-16(9-17)11-22/h6-9H,10,12-13H2,1-5H3. The van der Waals surface area contributed by atoms with Crippen LogP contribution in [0.5, 0.6) is 0 Å². The summed E-state index contributed by atoms with van der Waals surface area (Å²) in [5.41, 5.74) is 2.19. The molecule has 0 fully saturated rings. The number of anilines is 1. The van der Waals surface area contributed by atoms with E-state index in [4.69, 9.17) is 10.00 Å². The highest BCUT2D eigenvalue weighted by Gasteiger charge is 2.24. The maximum atomic E-state index is 12.8. The first-order valence-corrected chi connectivity index (χ1v) is 9.80. The molecule has 0 saturated carbocycles. The molecule has 0 spiro atoms. The number of nitrogens with zero attached hydrogens (tertiary/aromatic N) is 3. The van der Waals surface area contributed by atoms with Crippen LogP contribution in [0.2, 0.25) is 0 Å². The molecule has 1 heterocycles. The predicted molar refractivity (Wildman–Crippen MR) is 109 cm³/mol. The third kappa shape index (κ3) is 6.17. The zero-order valence-corrected chi connectivity index (χ0v) is 17.7. The number of aromatic nitrogens is 1. The van der Waals surface area contributed by atoms with E-state index in [1.165, 1.54) is 18.3 Å². The molecule has 2 aromatic rings. The third-order valence-corrected chi connectivity index (χ3v) is 5.02. The number of aryl methyl sites for hydroxylation is 1. The number of amides is 1. The van der Waals surface area contributed by atoms with Gasteiger partial charge in [-0.05, 0) is 30.0 Å². The van der Waals surface area contributed by atoms with E-state index in [-0.39, 0.29) is 24.5 Å². The molecule has 0 aliphatic heterocycles. The van der Waals surface area contributed by atoms with Gasteiger partial charge in [-0.25, -0.2) is 4.98 Å². The van der Waals surface area contributed by atoms with E-state index in [9.17, 15) is 9.59 Å². The van der Waals surface area contributed by atoms with E-state index < -0.39 is 5.97 Å². The van der Waals surface area contributed by atoms with Crippen molar-refractivity contribution in [2.24, 2.45) is 5.41 Å². The van der Waals surface area contributed by atoms with Gasteiger partial charge in [0.15, 0.2) is 6.61 Å². The highest BCUT2D eigenvalue weighted by Crippen LogP contribution is 2.33. The van der Waals surface area contributed by atoms with E-state index in [2.05, 4.69) is 31.8 Å². The summed E-state index contributed by atoms with van der Waals surface area (Å²) in [6.07, 6.45) is 0.800. The monoisotopic (exact) mass is 399 g/mol. The molecule has 0 bridgehead atoms. The van der Waals surface area contributed by atoms with Crippen molar-refractivity contribution in [3.8, 4) is 6.07 Å². The van der Waals surface area contributed by atoms with Gasteiger partial charge in [0.25, 0.3) is 5.91 Å². The Morgan fingerprint density at radius 2 is 2.04 bits per heavy atom. The van der Waals surface area contributed by atoms with Crippen molar-refractivity contribution in [3.05, 3.63) is 46.1 Å². The van der Waals surface area contributed by atoms with Crippen LogP contribution in [0.1, 0.15) is 49.5 Å². The van der Waals surface area contributed by atoms with Crippen LogP contribution in [-0.2, 0) is 27.3 Å². The molecule has 0 aliphatic carbocycles. The second-order valence-electron chi connectivity index (χ2n) is 7.81. The Labute approximate surface area is 169 Å². The molecule has 0 saturated heterocycles. The summed E-state index contributed by atoms with van der Waals surface area (Å²) in [6, 6.07) is 9.22. The van der Waals surface area contributed by atoms with Crippen molar-refractivity contribution in [2.75, 3.05) is 11.5 Å². The minimum absolute atomic E-state index is 0.0786. The van der Waals surface area contributed by atoms with Crippen molar-refractivity contribution in [2.45, 2.75) is 47.6 Å². The molecule has 7 heteroatoms. The largest absolute Gasteiger partial charge is 0.456 e. The van der Waals surface area contributed by atoms with Crippen LogP contribution in [0.15, 0.2) is 24.3 Å². The van der Waals surface area contributed by atoms with Crippen LogP contribution in [0.4, 0.5) is 5.00 Å². The van der Waals surface area contributed by atoms with Crippen molar-refractivity contribution in [3.63, 3.8) is 0 Å². The van der Waals surface area contributed by atoms with Gasteiger partial charge in [0.05, 0.1) is 28.9 Å². The number of nitriles is 1. The highest BCUT2D eigenvalue weighted by atomic mass is 32.1. The van der Waals surface area contributed by atoms with Crippen molar-refractivity contribution < 1.29 is 14.3 Å². The maximum Gasteiger partial charge on any atom is 0.303 e. The molecule has 1 aromatic carbocycles. The molecule has 1 aromatic heterocycles. The van der Waals surface area contributed by atoms with Gasteiger partial charge in [-0.1, -0.05) is 32.9 Å². The van der Waals surface area contributed by atoms with Crippen LogP contribution in [0.3, 0.4) is 0 Å². The zero-order valence-electron chi connectivity index (χ0n) is 16.9. The normalized spacial score (nSPS) is 11.0. The lowest BCUT2D eigenvalue weighted by molar-refractivity contribution is -0.145. The maximum absolute atomic E-state index is 12.8. The summed E-state index contributed by atoms with van der Waals surface area (Å²) in [7, 11) is 0. The zero-order chi connectivity index (χ0) is 20.9. The molecule has 1 amide bonds. The quantitative estimate of drug-likeness (QED) is 0.686. The number of carbonyl (C=O) groups excluding carboxylic acids is 2. The van der Waals surface area contributed by atoms with Crippen LogP contribution in [0.25, 0.3) is 0 Å². The predicted octanol–water partition coefficient (Wildman–Crippen LogP) is 4.01. The Bertz CT molecular complexity index is 906. The first-order chi connectivity index (χ1) is 13.1. The highest BCUT2D eigenvalue weighted by molar-refractivity contribution is 7.16.